The second kappa shape index (κ2) is 7.02. The van der Waals surface area contributed by atoms with Crippen molar-refractivity contribution >= 4 is 38.8 Å². The molecule has 0 bridgehead atoms. The Bertz CT molecular complexity index is 628. The van der Waals surface area contributed by atoms with Crippen molar-refractivity contribution in [3.05, 3.63) is 28.8 Å². The molecule has 0 aromatic heterocycles. The Morgan fingerprint density at radius 3 is 2.90 bits per heavy atom. The van der Waals surface area contributed by atoms with Crippen LogP contribution in [0, 0.1) is 0 Å². The molecule has 0 aliphatic carbocycles. The molecule has 0 saturated carbocycles. The molecule has 1 atom stereocenters. The number of sulfonamides is 1. The van der Waals surface area contributed by atoms with Gasteiger partial charge in [-0.15, -0.1) is 0 Å². The number of rotatable bonds is 6. The molecule has 2 rings (SSSR count). The van der Waals surface area contributed by atoms with E-state index in [0.29, 0.717) is 18.5 Å². The third-order valence-electron chi connectivity index (χ3n) is 3.29. The van der Waals surface area contributed by atoms with Crippen LogP contribution >= 0.6 is 23.8 Å². The minimum absolute atomic E-state index is 0.0122. The van der Waals surface area contributed by atoms with Gasteiger partial charge >= 0.3 is 0 Å². The molecule has 0 spiro atoms. The molecule has 0 amide bonds. The second-order valence-corrected chi connectivity index (χ2v) is 7.41. The van der Waals surface area contributed by atoms with E-state index >= 15 is 0 Å². The number of ether oxygens (including phenoxy) is 1. The molecule has 1 heterocycles. The van der Waals surface area contributed by atoms with Crippen molar-refractivity contribution in [3.8, 4) is 0 Å². The highest BCUT2D eigenvalue weighted by Crippen LogP contribution is 2.23. The predicted molar refractivity (Wildman–Crippen MR) is 86.1 cm³/mol. The van der Waals surface area contributed by atoms with Gasteiger partial charge in [-0.3, -0.25) is 0 Å². The smallest absolute Gasteiger partial charge is 0.242 e. The molecule has 1 aliphatic rings. The monoisotopic (exact) mass is 348 g/mol. The fourth-order valence-electron chi connectivity index (χ4n) is 2.17. The lowest BCUT2D eigenvalue weighted by molar-refractivity contribution is 0.105. The lowest BCUT2D eigenvalue weighted by Gasteiger charge is -2.12. The van der Waals surface area contributed by atoms with Gasteiger partial charge in [-0.05, 0) is 31.4 Å². The summed E-state index contributed by atoms with van der Waals surface area (Å²) in [5.74, 6) is 0. The highest BCUT2D eigenvalue weighted by molar-refractivity contribution is 7.89. The van der Waals surface area contributed by atoms with Crippen molar-refractivity contribution in [2.45, 2.75) is 30.3 Å². The number of hydrogen-bond donors (Lipinski definition) is 2. The average Bonchev–Trinajstić information content (AvgIpc) is 2.91. The van der Waals surface area contributed by atoms with E-state index in [2.05, 4.69) is 4.72 Å². The van der Waals surface area contributed by atoms with Gasteiger partial charge in [-0.1, -0.05) is 29.9 Å². The summed E-state index contributed by atoms with van der Waals surface area (Å²) < 4.78 is 32.5. The highest BCUT2D eigenvalue weighted by atomic mass is 35.5. The maximum absolute atomic E-state index is 12.3. The minimum Gasteiger partial charge on any atom is -0.389 e. The first-order chi connectivity index (χ1) is 9.90. The normalized spacial score (nSPS) is 18.8. The van der Waals surface area contributed by atoms with E-state index in [1.165, 1.54) is 12.1 Å². The number of halogens is 1. The fourth-order valence-corrected chi connectivity index (χ4v) is 3.86. The molecule has 8 heteroatoms. The third kappa shape index (κ3) is 4.37. The molecule has 1 aromatic rings. The maximum atomic E-state index is 12.3. The van der Waals surface area contributed by atoms with Crippen LogP contribution in [0.25, 0.3) is 0 Å². The fraction of sp³-hybridized carbons (Fsp3) is 0.462. The van der Waals surface area contributed by atoms with Gasteiger partial charge in [0.2, 0.25) is 10.0 Å². The maximum Gasteiger partial charge on any atom is 0.242 e. The van der Waals surface area contributed by atoms with Gasteiger partial charge in [0.25, 0.3) is 0 Å². The summed E-state index contributed by atoms with van der Waals surface area (Å²) in [6, 6.07) is 4.46. The van der Waals surface area contributed by atoms with Crippen LogP contribution in [0.2, 0.25) is 5.02 Å². The quantitative estimate of drug-likeness (QED) is 0.766. The van der Waals surface area contributed by atoms with Crippen LogP contribution in [0.3, 0.4) is 0 Å². The topological polar surface area (TPSA) is 81.4 Å². The first-order valence-electron chi connectivity index (χ1n) is 6.61. The van der Waals surface area contributed by atoms with Gasteiger partial charge in [-0.25, -0.2) is 13.1 Å². The summed E-state index contributed by atoms with van der Waals surface area (Å²) in [6.45, 7) is 1.06. The molecular weight excluding hydrogens is 332 g/mol. The van der Waals surface area contributed by atoms with Crippen molar-refractivity contribution in [2.24, 2.45) is 5.73 Å². The third-order valence-corrected chi connectivity index (χ3v) is 5.47. The first kappa shape index (κ1) is 16.6. The minimum atomic E-state index is -3.69. The van der Waals surface area contributed by atoms with Crippen LogP contribution in [0.1, 0.15) is 24.8 Å². The van der Waals surface area contributed by atoms with E-state index in [-0.39, 0.29) is 21.0 Å². The molecule has 21 heavy (non-hydrogen) atoms. The Labute approximate surface area is 134 Å². The van der Waals surface area contributed by atoms with Gasteiger partial charge in [0.05, 0.1) is 11.1 Å². The summed E-state index contributed by atoms with van der Waals surface area (Å²) in [5, 5.41) is 0.139. The largest absolute Gasteiger partial charge is 0.389 e. The van der Waals surface area contributed by atoms with E-state index < -0.39 is 10.0 Å². The van der Waals surface area contributed by atoms with Crippen molar-refractivity contribution in [1.29, 1.82) is 0 Å². The van der Waals surface area contributed by atoms with E-state index in [1.807, 2.05) is 0 Å². The Balaban J connectivity index is 2.07. The van der Waals surface area contributed by atoms with Gasteiger partial charge in [0.1, 0.15) is 9.88 Å². The van der Waals surface area contributed by atoms with Gasteiger partial charge in [0.15, 0.2) is 0 Å². The lowest BCUT2D eigenvalue weighted by Crippen LogP contribution is -2.27. The van der Waals surface area contributed by atoms with Crippen LogP contribution in [-0.4, -0.2) is 32.7 Å². The summed E-state index contributed by atoms with van der Waals surface area (Å²) in [6.07, 6.45) is 2.77. The molecule has 1 saturated heterocycles. The van der Waals surface area contributed by atoms with Crippen molar-refractivity contribution in [1.82, 2.24) is 4.72 Å². The molecule has 1 aliphatic heterocycles. The van der Waals surface area contributed by atoms with Crippen molar-refractivity contribution in [2.75, 3.05) is 13.2 Å². The highest BCUT2D eigenvalue weighted by Gasteiger charge is 2.20. The molecule has 5 nitrogen and oxygen atoms in total. The summed E-state index contributed by atoms with van der Waals surface area (Å²) in [4.78, 5) is 0.115. The Kier molecular flexibility index (Phi) is 5.56. The number of thiocarbonyl (C=S) groups is 1. The zero-order chi connectivity index (χ0) is 15.5. The Morgan fingerprint density at radius 2 is 2.29 bits per heavy atom. The number of nitrogens with two attached hydrogens (primary N) is 1. The summed E-state index contributed by atoms with van der Waals surface area (Å²) in [7, 11) is -3.69. The molecule has 3 N–H and O–H groups in total. The van der Waals surface area contributed by atoms with Crippen LogP contribution in [0.5, 0.6) is 0 Å². The van der Waals surface area contributed by atoms with Gasteiger partial charge < -0.3 is 10.5 Å². The molecule has 116 valence electrons. The number of benzene rings is 1. The molecule has 1 unspecified atom stereocenters. The Hall–Kier alpha value is -0.730. The summed E-state index contributed by atoms with van der Waals surface area (Å²) in [5.41, 5.74) is 5.98. The van der Waals surface area contributed by atoms with Crippen LogP contribution in [-0.2, 0) is 14.8 Å². The number of hydrogen-bond acceptors (Lipinski definition) is 4. The first-order valence-corrected chi connectivity index (χ1v) is 8.88. The molecule has 1 fully saturated rings. The predicted octanol–water partition coefficient (Wildman–Crippen LogP) is 1.82. The SMILES string of the molecule is NC(=S)c1ccc(Cl)c(S(=O)(=O)NCCC2CCCO2)c1. The standard InChI is InChI=1S/C13H17ClN2O3S2/c14-11-4-3-9(13(15)20)8-12(11)21(17,18)16-6-5-10-2-1-7-19-10/h3-4,8,10,16H,1-2,5-7H2,(H2,15,20). The van der Waals surface area contributed by atoms with Gasteiger partial charge in [-0.2, -0.15) is 0 Å². The van der Waals surface area contributed by atoms with E-state index in [4.69, 9.17) is 34.3 Å². The molecule has 1 aromatic carbocycles. The number of nitrogens with one attached hydrogen (secondary N) is 1. The molecular formula is C13H17ClN2O3S2. The van der Waals surface area contributed by atoms with Gasteiger partial charge in [0, 0.05) is 18.7 Å². The summed E-state index contributed by atoms with van der Waals surface area (Å²) >= 11 is 10.8. The second-order valence-electron chi connectivity index (χ2n) is 4.83. The van der Waals surface area contributed by atoms with Crippen LogP contribution in [0.15, 0.2) is 23.1 Å². The zero-order valence-electron chi connectivity index (χ0n) is 11.3. The van der Waals surface area contributed by atoms with E-state index in [0.717, 1.165) is 19.4 Å². The van der Waals surface area contributed by atoms with Crippen molar-refractivity contribution in [3.63, 3.8) is 0 Å². The molecule has 0 radical (unpaired) electrons. The lowest BCUT2D eigenvalue weighted by atomic mass is 10.2. The Morgan fingerprint density at radius 1 is 1.52 bits per heavy atom. The van der Waals surface area contributed by atoms with Crippen LogP contribution < -0.4 is 10.5 Å². The van der Waals surface area contributed by atoms with Crippen LogP contribution in [0.4, 0.5) is 0 Å². The zero-order valence-corrected chi connectivity index (χ0v) is 13.7. The van der Waals surface area contributed by atoms with E-state index in [1.54, 1.807) is 6.07 Å². The average molecular weight is 349 g/mol. The van der Waals surface area contributed by atoms with Crippen molar-refractivity contribution < 1.29 is 13.2 Å². The van der Waals surface area contributed by atoms with E-state index in [9.17, 15) is 8.42 Å².